The topological polar surface area (TPSA) is 59.1 Å². The van der Waals surface area contributed by atoms with Gasteiger partial charge in [0.1, 0.15) is 10.0 Å². The molecule has 0 bridgehead atoms. The van der Waals surface area contributed by atoms with Gasteiger partial charge in [-0.25, -0.2) is 13.4 Å². The maximum absolute atomic E-state index is 12.0. The molecule has 2 aromatic rings. The number of thiophene rings is 1. The fourth-order valence-electron chi connectivity index (χ4n) is 1.23. The summed E-state index contributed by atoms with van der Waals surface area (Å²) in [6, 6.07) is 4.65. The Bertz CT molecular complexity index is 685. The molecule has 8 heteroatoms. The first-order valence-electron chi connectivity index (χ1n) is 4.79. The van der Waals surface area contributed by atoms with Crippen molar-refractivity contribution in [2.24, 2.45) is 0 Å². The van der Waals surface area contributed by atoms with Crippen molar-refractivity contribution in [1.82, 2.24) is 4.98 Å². The standard InChI is InChI=1S/C10H8BrClN2O2S2/c1-6-4-9(13-5-7(6)11)14-18(15,16)10-3-2-8(12)17-10/h2-5H,1H3,(H,13,14). The molecular weight excluding hydrogens is 360 g/mol. The minimum absolute atomic E-state index is 0.162. The summed E-state index contributed by atoms with van der Waals surface area (Å²) in [5, 5.41) is 0. The number of hydrogen-bond acceptors (Lipinski definition) is 4. The molecule has 0 saturated heterocycles. The lowest BCUT2D eigenvalue weighted by molar-refractivity contribution is 0.603. The van der Waals surface area contributed by atoms with Gasteiger partial charge in [-0.1, -0.05) is 11.6 Å². The predicted molar refractivity (Wildman–Crippen MR) is 76.8 cm³/mol. The fourth-order valence-corrected chi connectivity index (χ4v) is 3.92. The molecule has 0 amide bonds. The van der Waals surface area contributed by atoms with Crippen LogP contribution in [0.3, 0.4) is 0 Å². The van der Waals surface area contributed by atoms with Crippen molar-refractivity contribution >= 4 is 54.7 Å². The van der Waals surface area contributed by atoms with Gasteiger partial charge in [-0.2, -0.15) is 0 Å². The highest BCUT2D eigenvalue weighted by molar-refractivity contribution is 9.10. The minimum Gasteiger partial charge on any atom is -0.263 e. The van der Waals surface area contributed by atoms with E-state index >= 15 is 0 Å². The molecular formula is C10H8BrClN2O2S2. The van der Waals surface area contributed by atoms with Crippen LogP contribution < -0.4 is 4.72 Å². The maximum atomic E-state index is 12.0. The first-order chi connectivity index (χ1) is 8.38. The van der Waals surface area contributed by atoms with E-state index in [4.69, 9.17) is 11.6 Å². The molecule has 0 aromatic carbocycles. The number of nitrogens with zero attached hydrogens (tertiary/aromatic N) is 1. The Morgan fingerprint density at radius 1 is 1.44 bits per heavy atom. The summed E-state index contributed by atoms with van der Waals surface area (Å²) in [5.41, 5.74) is 0.895. The van der Waals surface area contributed by atoms with Crippen LogP contribution in [0.2, 0.25) is 4.34 Å². The molecule has 0 radical (unpaired) electrons. The number of rotatable bonds is 3. The summed E-state index contributed by atoms with van der Waals surface area (Å²) in [7, 11) is -3.62. The smallest absolute Gasteiger partial charge is 0.263 e. The molecule has 0 spiro atoms. The minimum atomic E-state index is -3.62. The van der Waals surface area contributed by atoms with Crippen molar-refractivity contribution in [2.75, 3.05) is 4.72 Å². The van der Waals surface area contributed by atoms with Crippen LogP contribution in [0.1, 0.15) is 5.56 Å². The molecule has 0 saturated carbocycles. The molecule has 0 unspecified atom stereocenters. The third-order valence-corrected chi connectivity index (χ3v) is 6.01. The van der Waals surface area contributed by atoms with E-state index < -0.39 is 10.0 Å². The number of aryl methyl sites for hydroxylation is 1. The van der Waals surface area contributed by atoms with E-state index in [1.165, 1.54) is 6.07 Å². The van der Waals surface area contributed by atoms with Crippen molar-refractivity contribution in [3.63, 3.8) is 0 Å². The van der Waals surface area contributed by atoms with Gasteiger partial charge in [0.05, 0.1) is 4.34 Å². The molecule has 0 aliphatic rings. The molecule has 96 valence electrons. The zero-order valence-corrected chi connectivity index (χ0v) is 13.1. The van der Waals surface area contributed by atoms with E-state index in [-0.39, 0.29) is 10.0 Å². The lowest BCUT2D eigenvalue weighted by Crippen LogP contribution is -2.12. The Kier molecular flexibility index (Phi) is 3.96. The van der Waals surface area contributed by atoms with Crippen LogP contribution in [0.5, 0.6) is 0 Å². The van der Waals surface area contributed by atoms with Gasteiger partial charge in [-0.15, -0.1) is 11.3 Å². The lowest BCUT2D eigenvalue weighted by Gasteiger charge is -2.06. The first kappa shape index (κ1) is 13.8. The number of nitrogens with one attached hydrogen (secondary N) is 1. The van der Waals surface area contributed by atoms with Gasteiger partial charge in [0.15, 0.2) is 0 Å². The van der Waals surface area contributed by atoms with Gasteiger partial charge in [0.2, 0.25) is 0 Å². The van der Waals surface area contributed by atoms with Gasteiger partial charge in [-0.3, -0.25) is 4.72 Å². The van der Waals surface area contributed by atoms with E-state index in [1.54, 1.807) is 18.3 Å². The van der Waals surface area contributed by atoms with Gasteiger partial charge in [0, 0.05) is 10.7 Å². The number of aromatic nitrogens is 1. The van der Waals surface area contributed by atoms with Crippen molar-refractivity contribution < 1.29 is 8.42 Å². The molecule has 1 N–H and O–H groups in total. The van der Waals surface area contributed by atoms with E-state index in [9.17, 15) is 8.42 Å². The summed E-state index contributed by atoms with van der Waals surface area (Å²) in [6.07, 6.45) is 1.55. The predicted octanol–water partition coefficient (Wildman–Crippen LogP) is 3.67. The van der Waals surface area contributed by atoms with Crippen LogP contribution in [-0.4, -0.2) is 13.4 Å². The largest absolute Gasteiger partial charge is 0.272 e. The number of anilines is 1. The summed E-state index contributed by atoms with van der Waals surface area (Å²) in [5.74, 6) is 0.278. The highest BCUT2D eigenvalue weighted by Gasteiger charge is 2.17. The van der Waals surface area contributed by atoms with E-state index in [0.29, 0.717) is 4.34 Å². The molecule has 0 fully saturated rings. The maximum Gasteiger partial charge on any atom is 0.272 e. The molecule has 18 heavy (non-hydrogen) atoms. The zero-order valence-electron chi connectivity index (χ0n) is 9.15. The van der Waals surface area contributed by atoms with Gasteiger partial charge < -0.3 is 0 Å². The van der Waals surface area contributed by atoms with Gasteiger partial charge in [-0.05, 0) is 46.6 Å². The van der Waals surface area contributed by atoms with Crippen molar-refractivity contribution in [2.45, 2.75) is 11.1 Å². The lowest BCUT2D eigenvalue weighted by atomic mass is 10.3. The zero-order chi connectivity index (χ0) is 13.3. The Morgan fingerprint density at radius 3 is 2.72 bits per heavy atom. The van der Waals surface area contributed by atoms with Crippen LogP contribution in [0, 0.1) is 6.92 Å². The van der Waals surface area contributed by atoms with Gasteiger partial charge >= 0.3 is 0 Å². The molecule has 2 heterocycles. The average Bonchev–Trinajstić information content (AvgIpc) is 2.71. The SMILES string of the molecule is Cc1cc(NS(=O)(=O)c2ccc(Cl)s2)ncc1Br. The monoisotopic (exact) mass is 366 g/mol. The third kappa shape index (κ3) is 3.03. The van der Waals surface area contributed by atoms with Crippen molar-refractivity contribution in [3.8, 4) is 0 Å². The van der Waals surface area contributed by atoms with Crippen molar-refractivity contribution in [3.05, 3.63) is 38.8 Å². The summed E-state index contributed by atoms with van der Waals surface area (Å²) in [4.78, 5) is 3.99. The quantitative estimate of drug-likeness (QED) is 0.900. The molecule has 0 atom stereocenters. The van der Waals surface area contributed by atoms with Crippen LogP contribution in [-0.2, 0) is 10.0 Å². The Labute approximate surface area is 122 Å². The third-order valence-electron chi connectivity index (χ3n) is 2.10. The first-order valence-corrected chi connectivity index (χ1v) is 8.26. The van der Waals surface area contributed by atoms with E-state index in [1.807, 2.05) is 6.92 Å². The summed E-state index contributed by atoms with van der Waals surface area (Å²) in [6.45, 7) is 1.85. The molecule has 2 aromatic heterocycles. The molecule has 4 nitrogen and oxygen atoms in total. The Balaban J connectivity index is 2.30. The number of hydrogen-bond donors (Lipinski definition) is 1. The van der Waals surface area contributed by atoms with Gasteiger partial charge in [0.25, 0.3) is 10.0 Å². The number of sulfonamides is 1. The highest BCUT2D eigenvalue weighted by Crippen LogP contribution is 2.27. The summed E-state index contributed by atoms with van der Waals surface area (Å²) >= 11 is 10.0. The second kappa shape index (κ2) is 5.16. The highest BCUT2D eigenvalue weighted by atomic mass is 79.9. The summed E-state index contributed by atoms with van der Waals surface area (Å²) < 4.78 is 27.8. The van der Waals surface area contributed by atoms with Crippen molar-refractivity contribution in [1.29, 1.82) is 0 Å². The van der Waals surface area contributed by atoms with Crippen LogP contribution in [0.15, 0.2) is 33.1 Å². The second-order valence-corrected chi connectivity index (χ2v) is 7.96. The molecule has 0 aliphatic heterocycles. The Morgan fingerprint density at radius 2 is 2.17 bits per heavy atom. The van der Waals surface area contributed by atoms with Crippen LogP contribution >= 0.6 is 38.9 Å². The van der Waals surface area contributed by atoms with E-state index in [0.717, 1.165) is 21.4 Å². The van der Waals surface area contributed by atoms with Crippen LogP contribution in [0.25, 0.3) is 0 Å². The second-order valence-electron chi connectivity index (χ2n) is 3.48. The molecule has 2 rings (SSSR count). The Hall–Kier alpha value is -0.630. The number of pyridine rings is 1. The number of halogens is 2. The fraction of sp³-hybridized carbons (Fsp3) is 0.100. The van der Waals surface area contributed by atoms with E-state index in [2.05, 4.69) is 25.6 Å². The molecule has 0 aliphatic carbocycles. The van der Waals surface area contributed by atoms with Crippen LogP contribution in [0.4, 0.5) is 5.82 Å². The normalized spacial score (nSPS) is 11.5. The average molecular weight is 368 g/mol.